The molecule has 1 aromatic rings. The molecule has 1 amide bonds. The van der Waals surface area contributed by atoms with Crippen LogP contribution in [-0.4, -0.2) is 28.6 Å². The second kappa shape index (κ2) is 6.05. The first-order valence-electron chi connectivity index (χ1n) is 5.72. The van der Waals surface area contributed by atoms with Gasteiger partial charge in [0.1, 0.15) is 5.75 Å². The van der Waals surface area contributed by atoms with Crippen molar-refractivity contribution in [1.29, 1.82) is 0 Å². The van der Waals surface area contributed by atoms with Gasteiger partial charge < -0.3 is 15.5 Å². The molecule has 0 aliphatic heterocycles. The highest BCUT2D eigenvalue weighted by atomic mass is 16.4. The Balaban J connectivity index is 2.60. The smallest absolute Gasteiger partial charge is 0.308 e. The zero-order valence-electron chi connectivity index (χ0n) is 10.4. The number of nitrogens with one attached hydrogen (secondary N) is 1. The van der Waals surface area contributed by atoms with Crippen LogP contribution in [0.4, 0.5) is 0 Å². The van der Waals surface area contributed by atoms with Crippen LogP contribution in [0.2, 0.25) is 0 Å². The van der Waals surface area contributed by atoms with Crippen LogP contribution >= 0.6 is 0 Å². The molecule has 5 heteroatoms. The van der Waals surface area contributed by atoms with Gasteiger partial charge in [-0.15, -0.1) is 0 Å². The molecule has 3 N–H and O–H groups in total. The van der Waals surface area contributed by atoms with Crippen molar-refractivity contribution < 1.29 is 19.8 Å². The lowest BCUT2D eigenvalue weighted by molar-refractivity contribution is -0.142. The van der Waals surface area contributed by atoms with Crippen LogP contribution in [0.1, 0.15) is 24.2 Å². The van der Waals surface area contributed by atoms with Crippen molar-refractivity contribution in [2.45, 2.75) is 13.8 Å². The van der Waals surface area contributed by atoms with E-state index in [1.54, 1.807) is 13.8 Å². The van der Waals surface area contributed by atoms with Crippen LogP contribution in [-0.2, 0) is 4.79 Å². The summed E-state index contributed by atoms with van der Waals surface area (Å²) in [5.74, 6) is -1.84. The van der Waals surface area contributed by atoms with Crippen LogP contribution < -0.4 is 5.32 Å². The van der Waals surface area contributed by atoms with Crippen molar-refractivity contribution in [2.75, 3.05) is 6.54 Å². The van der Waals surface area contributed by atoms with Crippen molar-refractivity contribution in [3.8, 4) is 5.75 Å². The van der Waals surface area contributed by atoms with Gasteiger partial charge in [-0.25, -0.2) is 0 Å². The maximum absolute atomic E-state index is 11.7. The molecule has 1 unspecified atom stereocenters. The minimum Gasteiger partial charge on any atom is -0.508 e. The molecule has 0 aliphatic rings. The molecule has 0 saturated carbocycles. The Morgan fingerprint density at radius 3 is 2.22 bits per heavy atom. The number of carboxylic acids is 1. The molecule has 0 radical (unpaired) electrons. The molecular formula is C13H17NO4. The third kappa shape index (κ3) is 3.76. The number of rotatable bonds is 5. The Morgan fingerprint density at radius 2 is 1.78 bits per heavy atom. The average Bonchev–Trinajstić information content (AvgIpc) is 2.28. The van der Waals surface area contributed by atoms with Gasteiger partial charge in [-0.3, -0.25) is 9.59 Å². The van der Waals surface area contributed by atoms with Gasteiger partial charge in [-0.05, 0) is 30.2 Å². The lowest BCUT2D eigenvalue weighted by atomic mass is 9.96. The Morgan fingerprint density at radius 1 is 1.22 bits per heavy atom. The van der Waals surface area contributed by atoms with Crippen molar-refractivity contribution in [3.05, 3.63) is 29.8 Å². The average molecular weight is 251 g/mol. The van der Waals surface area contributed by atoms with Crippen molar-refractivity contribution in [1.82, 2.24) is 5.32 Å². The summed E-state index contributed by atoms with van der Waals surface area (Å²) in [6.45, 7) is 3.68. The molecule has 98 valence electrons. The number of benzene rings is 1. The van der Waals surface area contributed by atoms with Crippen LogP contribution in [0.3, 0.4) is 0 Å². The summed E-state index contributed by atoms with van der Waals surface area (Å²) >= 11 is 0. The molecular weight excluding hydrogens is 234 g/mol. The lowest BCUT2D eigenvalue weighted by Crippen LogP contribution is -2.35. The van der Waals surface area contributed by atoms with Gasteiger partial charge in [0.2, 0.25) is 0 Å². The Labute approximate surface area is 105 Å². The van der Waals surface area contributed by atoms with Gasteiger partial charge in [0.15, 0.2) is 0 Å². The van der Waals surface area contributed by atoms with E-state index >= 15 is 0 Å². The van der Waals surface area contributed by atoms with Gasteiger partial charge >= 0.3 is 5.97 Å². The van der Waals surface area contributed by atoms with E-state index in [1.165, 1.54) is 24.3 Å². The molecule has 0 bridgehead atoms. The fraction of sp³-hybridized carbons (Fsp3) is 0.385. The van der Waals surface area contributed by atoms with E-state index in [1.807, 2.05) is 0 Å². The largest absolute Gasteiger partial charge is 0.508 e. The first-order chi connectivity index (χ1) is 8.41. The second-order valence-electron chi connectivity index (χ2n) is 4.45. The number of hydrogen-bond acceptors (Lipinski definition) is 3. The molecule has 0 heterocycles. The zero-order valence-corrected chi connectivity index (χ0v) is 10.4. The summed E-state index contributed by atoms with van der Waals surface area (Å²) in [5, 5.41) is 20.7. The number of aromatic hydroxyl groups is 1. The topological polar surface area (TPSA) is 86.6 Å². The quantitative estimate of drug-likeness (QED) is 0.739. The number of carbonyl (C=O) groups is 2. The highest BCUT2D eigenvalue weighted by Gasteiger charge is 2.22. The first-order valence-corrected chi connectivity index (χ1v) is 5.72. The standard InChI is InChI=1S/C13H17NO4/c1-8(2)11(13(17)18)7-14-12(16)9-3-5-10(15)6-4-9/h3-6,8,11,15H,7H2,1-2H3,(H,14,16)(H,17,18). The highest BCUT2D eigenvalue weighted by molar-refractivity contribution is 5.94. The highest BCUT2D eigenvalue weighted by Crippen LogP contribution is 2.12. The predicted molar refractivity (Wildman–Crippen MR) is 66.4 cm³/mol. The van der Waals surface area contributed by atoms with Crippen molar-refractivity contribution in [3.63, 3.8) is 0 Å². The van der Waals surface area contributed by atoms with E-state index in [2.05, 4.69) is 5.32 Å². The van der Waals surface area contributed by atoms with E-state index in [-0.39, 0.29) is 24.1 Å². The first kappa shape index (κ1) is 14.0. The zero-order chi connectivity index (χ0) is 13.7. The fourth-order valence-corrected chi connectivity index (χ4v) is 1.53. The summed E-state index contributed by atoms with van der Waals surface area (Å²) in [6.07, 6.45) is 0. The fourth-order valence-electron chi connectivity index (χ4n) is 1.53. The number of carbonyl (C=O) groups excluding carboxylic acids is 1. The summed E-state index contributed by atoms with van der Waals surface area (Å²) in [6, 6.07) is 5.78. The molecule has 5 nitrogen and oxygen atoms in total. The van der Waals surface area contributed by atoms with Crippen LogP contribution in [0.5, 0.6) is 5.75 Å². The van der Waals surface area contributed by atoms with Crippen LogP contribution in [0.25, 0.3) is 0 Å². The summed E-state index contributed by atoms with van der Waals surface area (Å²) in [7, 11) is 0. The lowest BCUT2D eigenvalue weighted by Gasteiger charge is -2.16. The minimum atomic E-state index is -0.920. The van der Waals surface area contributed by atoms with E-state index in [0.717, 1.165) is 0 Å². The predicted octanol–water partition coefficient (Wildman–Crippen LogP) is 1.48. The number of hydrogen-bond donors (Lipinski definition) is 3. The third-order valence-electron chi connectivity index (χ3n) is 2.73. The van der Waals surface area contributed by atoms with Gasteiger partial charge in [0, 0.05) is 12.1 Å². The molecule has 18 heavy (non-hydrogen) atoms. The second-order valence-corrected chi connectivity index (χ2v) is 4.45. The van der Waals surface area contributed by atoms with Gasteiger partial charge in [-0.1, -0.05) is 13.8 Å². The number of amides is 1. The maximum atomic E-state index is 11.7. The van der Waals surface area contributed by atoms with E-state index in [9.17, 15) is 9.59 Å². The summed E-state index contributed by atoms with van der Waals surface area (Å²) in [4.78, 5) is 22.7. The molecule has 0 saturated heterocycles. The molecule has 0 aromatic heterocycles. The normalized spacial score (nSPS) is 12.2. The summed E-state index contributed by atoms with van der Waals surface area (Å²) < 4.78 is 0. The molecule has 1 aromatic carbocycles. The maximum Gasteiger partial charge on any atom is 0.308 e. The number of carboxylic acid groups (broad SMARTS) is 1. The number of aliphatic carboxylic acids is 1. The molecule has 1 rings (SSSR count). The molecule has 1 atom stereocenters. The molecule has 0 spiro atoms. The Hall–Kier alpha value is -2.04. The SMILES string of the molecule is CC(C)C(CNC(=O)c1ccc(O)cc1)C(=O)O. The van der Waals surface area contributed by atoms with E-state index in [4.69, 9.17) is 10.2 Å². The monoisotopic (exact) mass is 251 g/mol. The van der Waals surface area contributed by atoms with Crippen molar-refractivity contribution >= 4 is 11.9 Å². The molecule has 0 fully saturated rings. The third-order valence-corrected chi connectivity index (χ3v) is 2.73. The Kier molecular flexibility index (Phi) is 4.71. The molecule has 0 aliphatic carbocycles. The van der Waals surface area contributed by atoms with Crippen molar-refractivity contribution in [2.24, 2.45) is 11.8 Å². The number of phenolic OH excluding ortho intramolecular Hbond substituents is 1. The minimum absolute atomic E-state index is 0.0531. The van der Waals surface area contributed by atoms with Gasteiger partial charge in [0.05, 0.1) is 5.92 Å². The number of phenols is 1. The van der Waals surface area contributed by atoms with Gasteiger partial charge in [0.25, 0.3) is 5.91 Å². The van der Waals surface area contributed by atoms with Gasteiger partial charge in [-0.2, -0.15) is 0 Å². The Bertz CT molecular complexity index is 425. The van der Waals surface area contributed by atoms with E-state index < -0.39 is 11.9 Å². The van der Waals surface area contributed by atoms with Crippen LogP contribution in [0.15, 0.2) is 24.3 Å². The van der Waals surface area contributed by atoms with E-state index in [0.29, 0.717) is 5.56 Å². The van der Waals surface area contributed by atoms with Crippen LogP contribution in [0, 0.1) is 11.8 Å². The summed E-state index contributed by atoms with van der Waals surface area (Å²) in [5.41, 5.74) is 0.390.